The number of rotatable bonds is 5. The van der Waals surface area contributed by atoms with Crippen LogP contribution in [-0.4, -0.2) is 5.11 Å². The summed E-state index contributed by atoms with van der Waals surface area (Å²) in [7, 11) is 0. The van der Waals surface area contributed by atoms with Crippen molar-refractivity contribution in [3.05, 3.63) is 71.4 Å². The molecule has 0 atom stereocenters. The largest absolute Gasteiger partial charge is 0.508 e. The molecule has 0 aromatic heterocycles. The zero-order valence-corrected chi connectivity index (χ0v) is 11.9. The molecular weight excluding hydrogens is 258 g/mol. The van der Waals surface area contributed by atoms with E-state index >= 15 is 0 Å². The van der Waals surface area contributed by atoms with Crippen molar-refractivity contribution in [2.24, 2.45) is 0 Å². The molecule has 0 bridgehead atoms. The van der Waals surface area contributed by atoms with Crippen molar-refractivity contribution in [2.45, 2.75) is 13.8 Å². The lowest BCUT2D eigenvalue weighted by molar-refractivity contribution is 0.514. The predicted molar refractivity (Wildman–Crippen MR) is 84.2 cm³/mol. The number of aliphatic hydroxyl groups is 1. The van der Waals surface area contributed by atoms with Crippen molar-refractivity contribution in [3.63, 3.8) is 0 Å². The highest BCUT2D eigenvalue weighted by atomic mass is 35.5. The Morgan fingerprint density at radius 3 is 2.68 bits per heavy atom. The molecular formula is C16H18ClNO. The highest BCUT2D eigenvalue weighted by Crippen LogP contribution is 2.22. The number of benzene rings is 1. The first kappa shape index (κ1) is 15.1. The van der Waals surface area contributed by atoms with Crippen LogP contribution in [0.15, 0.2) is 65.9 Å². The first-order valence-corrected chi connectivity index (χ1v) is 6.33. The van der Waals surface area contributed by atoms with E-state index in [0.29, 0.717) is 10.6 Å². The van der Waals surface area contributed by atoms with Crippen LogP contribution in [0.5, 0.6) is 0 Å². The van der Waals surface area contributed by atoms with Gasteiger partial charge in [0.15, 0.2) is 0 Å². The van der Waals surface area contributed by atoms with Gasteiger partial charge in [0.1, 0.15) is 5.76 Å². The molecule has 0 aliphatic rings. The van der Waals surface area contributed by atoms with Gasteiger partial charge >= 0.3 is 0 Å². The van der Waals surface area contributed by atoms with Crippen molar-refractivity contribution in [2.75, 3.05) is 5.32 Å². The Labute approximate surface area is 119 Å². The molecule has 100 valence electrons. The molecule has 0 saturated carbocycles. The van der Waals surface area contributed by atoms with E-state index in [1.165, 1.54) is 0 Å². The van der Waals surface area contributed by atoms with Gasteiger partial charge in [-0.25, -0.2) is 0 Å². The number of aliphatic hydroxyl groups excluding tert-OH is 1. The van der Waals surface area contributed by atoms with Gasteiger partial charge in [-0.1, -0.05) is 42.5 Å². The molecule has 1 rings (SSSR count). The van der Waals surface area contributed by atoms with E-state index in [1.54, 1.807) is 0 Å². The summed E-state index contributed by atoms with van der Waals surface area (Å²) >= 11 is 5.86. The Morgan fingerprint density at radius 1 is 1.37 bits per heavy atom. The molecule has 19 heavy (non-hydrogen) atoms. The van der Waals surface area contributed by atoms with Gasteiger partial charge in [0.2, 0.25) is 0 Å². The monoisotopic (exact) mass is 275 g/mol. The summed E-state index contributed by atoms with van der Waals surface area (Å²) in [5.41, 5.74) is 2.44. The van der Waals surface area contributed by atoms with Crippen LogP contribution in [0.1, 0.15) is 19.4 Å². The Bertz CT molecular complexity index is 541. The maximum atomic E-state index is 9.51. The summed E-state index contributed by atoms with van der Waals surface area (Å²) in [6, 6.07) is 7.45. The van der Waals surface area contributed by atoms with E-state index in [9.17, 15) is 5.11 Å². The fourth-order valence-electron chi connectivity index (χ4n) is 1.48. The van der Waals surface area contributed by atoms with Crippen molar-refractivity contribution >= 4 is 23.0 Å². The standard InChI is InChI=1S/C16H18ClNO/c1-4-14(17)9-7-8-12(2)18-16-11-6-5-10-15(16)13(3)19/h4-11,18-19H,3H2,1-2H3/b9-7-,12-8+,14-4-. The minimum absolute atomic E-state index is 0.0448. The van der Waals surface area contributed by atoms with Gasteiger partial charge in [-0.2, -0.15) is 0 Å². The summed E-state index contributed by atoms with van der Waals surface area (Å²) < 4.78 is 0. The average molecular weight is 276 g/mol. The third kappa shape index (κ3) is 5.06. The van der Waals surface area contributed by atoms with Gasteiger partial charge in [-0.05, 0) is 38.1 Å². The second-order valence-corrected chi connectivity index (χ2v) is 4.44. The lowest BCUT2D eigenvalue weighted by atomic mass is 10.1. The summed E-state index contributed by atoms with van der Waals surface area (Å²) in [4.78, 5) is 0. The summed E-state index contributed by atoms with van der Waals surface area (Å²) in [5.74, 6) is 0.0448. The third-order valence-electron chi connectivity index (χ3n) is 2.45. The van der Waals surface area contributed by atoms with E-state index in [-0.39, 0.29) is 5.76 Å². The van der Waals surface area contributed by atoms with Crippen LogP contribution in [-0.2, 0) is 0 Å². The molecule has 0 radical (unpaired) electrons. The van der Waals surface area contributed by atoms with Crippen molar-refractivity contribution in [1.29, 1.82) is 0 Å². The lowest BCUT2D eigenvalue weighted by Gasteiger charge is -2.10. The van der Waals surface area contributed by atoms with Crippen molar-refractivity contribution in [3.8, 4) is 0 Å². The normalized spacial score (nSPS) is 12.8. The van der Waals surface area contributed by atoms with Crippen molar-refractivity contribution < 1.29 is 5.11 Å². The molecule has 3 heteroatoms. The van der Waals surface area contributed by atoms with Gasteiger partial charge < -0.3 is 10.4 Å². The highest BCUT2D eigenvalue weighted by Gasteiger charge is 2.03. The number of hydrogen-bond acceptors (Lipinski definition) is 2. The third-order valence-corrected chi connectivity index (χ3v) is 2.79. The second-order valence-electron chi connectivity index (χ2n) is 4.00. The first-order valence-electron chi connectivity index (χ1n) is 5.95. The quantitative estimate of drug-likeness (QED) is 0.570. The Balaban J connectivity index is 2.83. The molecule has 0 saturated heterocycles. The van der Waals surface area contributed by atoms with E-state index in [4.69, 9.17) is 11.6 Å². The fourth-order valence-corrected chi connectivity index (χ4v) is 1.55. The molecule has 0 unspecified atom stereocenters. The molecule has 2 nitrogen and oxygen atoms in total. The van der Waals surface area contributed by atoms with Gasteiger partial charge in [0.25, 0.3) is 0 Å². The number of hydrogen-bond donors (Lipinski definition) is 2. The van der Waals surface area contributed by atoms with Crippen LogP contribution < -0.4 is 5.32 Å². The van der Waals surface area contributed by atoms with Crippen LogP contribution in [0.25, 0.3) is 5.76 Å². The molecule has 0 aliphatic heterocycles. The molecule has 0 spiro atoms. The zero-order chi connectivity index (χ0) is 14.3. The Hall–Kier alpha value is -1.93. The summed E-state index contributed by atoms with van der Waals surface area (Å²) in [6.45, 7) is 7.36. The van der Waals surface area contributed by atoms with E-state index < -0.39 is 0 Å². The molecule has 0 amide bonds. The number of para-hydroxylation sites is 1. The SMILES string of the molecule is C=C(O)c1ccccc1N/C(C)=C/C=C\C(Cl)=C\C. The van der Waals surface area contributed by atoms with Crippen molar-refractivity contribution in [1.82, 2.24) is 0 Å². The molecule has 2 N–H and O–H groups in total. The van der Waals surface area contributed by atoms with Crippen LogP contribution in [0.4, 0.5) is 5.69 Å². The van der Waals surface area contributed by atoms with Crippen LogP contribution >= 0.6 is 11.6 Å². The van der Waals surface area contributed by atoms with E-state index in [0.717, 1.165) is 11.4 Å². The molecule has 1 aromatic rings. The van der Waals surface area contributed by atoms with Gasteiger partial charge in [-0.3, -0.25) is 0 Å². The van der Waals surface area contributed by atoms with Gasteiger partial charge in [-0.15, -0.1) is 0 Å². The molecule has 0 heterocycles. The van der Waals surface area contributed by atoms with Crippen LogP contribution in [0.3, 0.4) is 0 Å². The van der Waals surface area contributed by atoms with E-state index in [1.807, 2.05) is 62.4 Å². The smallest absolute Gasteiger partial charge is 0.117 e. The second kappa shape index (κ2) is 7.49. The topological polar surface area (TPSA) is 32.3 Å². The van der Waals surface area contributed by atoms with Crippen LogP contribution in [0.2, 0.25) is 0 Å². The van der Waals surface area contributed by atoms with E-state index in [2.05, 4.69) is 11.9 Å². The Kier molecular flexibility index (Phi) is 5.97. The van der Waals surface area contributed by atoms with Gasteiger partial charge in [0.05, 0.1) is 0 Å². The zero-order valence-electron chi connectivity index (χ0n) is 11.2. The summed E-state index contributed by atoms with van der Waals surface area (Å²) in [5, 5.41) is 13.4. The van der Waals surface area contributed by atoms with Gasteiger partial charge in [0, 0.05) is 22.0 Å². The minimum Gasteiger partial charge on any atom is -0.508 e. The lowest BCUT2D eigenvalue weighted by Crippen LogP contribution is -1.98. The maximum absolute atomic E-state index is 9.51. The Morgan fingerprint density at radius 2 is 2.05 bits per heavy atom. The maximum Gasteiger partial charge on any atom is 0.117 e. The number of halogens is 1. The number of nitrogens with one attached hydrogen (secondary N) is 1. The number of allylic oxidation sites excluding steroid dienone is 6. The van der Waals surface area contributed by atoms with Crippen LogP contribution in [0, 0.1) is 0 Å². The number of anilines is 1. The predicted octanol–water partition coefficient (Wildman–Crippen LogP) is 5.23. The molecule has 0 aliphatic carbocycles. The minimum atomic E-state index is 0.0448. The molecule has 1 aromatic carbocycles. The highest BCUT2D eigenvalue weighted by molar-refractivity contribution is 6.31. The average Bonchev–Trinajstić information content (AvgIpc) is 2.38. The molecule has 0 fully saturated rings. The first-order chi connectivity index (χ1) is 9.04. The summed E-state index contributed by atoms with van der Waals surface area (Å²) in [6.07, 6.45) is 7.40. The fraction of sp³-hybridized carbons (Fsp3) is 0.125.